The third kappa shape index (κ3) is 4.66. The molecular weight excluding hydrogens is 388 g/mol. The van der Waals surface area contributed by atoms with E-state index >= 15 is 0 Å². The van der Waals surface area contributed by atoms with E-state index in [4.69, 9.17) is 4.74 Å². The first-order valence-corrected chi connectivity index (χ1v) is 8.92. The second-order valence-corrected chi connectivity index (χ2v) is 6.58. The van der Waals surface area contributed by atoms with E-state index in [2.05, 4.69) is 5.32 Å². The van der Waals surface area contributed by atoms with Crippen molar-refractivity contribution < 1.29 is 27.9 Å². The Morgan fingerprint density at radius 2 is 1.75 bits per heavy atom. The van der Waals surface area contributed by atoms with Crippen LogP contribution in [0, 0.1) is 11.6 Å². The molecule has 5 nitrogen and oxygen atoms in total. The fraction of sp³-hybridized carbons (Fsp3) is 0.0500. The summed E-state index contributed by atoms with van der Waals surface area (Å²) in [4.78, 5) is 36.5. The van der Waals surface area contributed by atoms with Crippen LogP contribution in [0.15, 0.2) is 60.0 Å². The number of benzene rings is 2. The fourth-order valence-corrected chi connectivity index (χ4v) is 2.91. The van der Waals surface area contributed by atoms with Crippen molar-refractivity contribution in [2.45, 2.75) is 0 Å². The maximum atomic E-state index is 13.6. The van der Waals surface area contributed by atoms with Gasteiger partial charge in [-0.1, -0.05) is 6.07 Å². The van der Waals surface area contributed by atoms with E-state index in [9.17, 15) is 23.2 Å². The van der Waals surface area contributed by atoms with Crippen LogP contribution in [0.1, 0.15) is 30.4 Å². The highest BCUT2D eigenvalue weighted by molar-refractivity contribution is 7.12. The van der Waals surface area contributed by atoms with E-state index in [1.807, 2.05) is 0 Å². The molecule has 1 amide bonds. The van der Waals surface area contributed by atoms with Crippen LogP contribution < -0.4 is 5.32 Å². The minimum absolute atomic E-state index is 0.140. The molecule has 0 aliphatic heterocycles. The molecule has 1 heterocycles. The number of Topliss-reactive ketones (excluding diaryl/α,β-unsaturated/α-hetero) is 1. The molecule has 0 saturated heterocycles. The number of thiophene rings is 1. The zero-order valence-corrected chi connectivity index (χ0v) is 15.1. The summed E-state index contributed by atoms with van der Waals surface area (Å²) < 4.78 is 31.5. The number of rotatable bonds is 6. The monoisotopic (exact) mass is 401 g/mol. The SMILES string of the molecule is O=C(OCC(=O)c1cc(F)ccc1F)c1ccc(NC(=O)c2cccs2)cc1. The molecule has 0 bridgehead atoms. The molecule has 1 aromatic heterocycles. The van der Waals surface area contributed by atoms with E-state index in [-0.39, 0.29) is 11.5 Å². The van der Waals surface area contributed by atoms with E-state index in [0.717, 1.165) is 18.2 Å². The Balaban J connectivity index is 1.58. The summed E-state index contributed by atoms with van der Waals surface area (Å²) in [6.07, 6.45) is 0. The van der Waals surface area contributed by atoms with Crippen molar-refractivity contribution in [3.8, 4) is 0 Å². The number of amides is 1. The van der Waals surface area contributed by atoms with Gasteiger partial charge in [-0.25, -0.2) is 13.6 Å². The maximum absolute atomic E-state index is 13.6. The summed E-state index contributed by atoms with van der Waals surface area (Å²) in [5.74, 6) is -3.59. The average molecular weight is 401 g/mol. The molecule has 0 saturated carbocycles. The molecule has 0 fully saturated rings. The molecule has 28 heavy (non-hydrogen) atoms. The van der Waals surface area contributed by atoms with Gasteiger partial charge in [-0.05, 0) is 53.9 Å². The van der Waals surface area contributed by atoms with Crippen LogP contribution >= 0.6 is 11.3 Å². The van der Waals surface area contributed by atoms with Crippen LogP contribution in [0.3, 0.4) is 0 Å². The number of ether oxygens (including phenoxy) is 1. The van der Waals surface area contributed by atoms with Crippen molar-refractivity contribution in [2.24, 2.45) is 0 Å². The van der Waals surface area contributed by atoms with Gasteiger partial charge in [0.15, 0.2) is 6.61 Å². The molecule has 0 aliphatic rings. The van der Waals surface area contributed by atoms with Gasteiger partial charge in [0.25, 0.3) is 5.91 Å². The van der Waals surface area contributed by atoms with Crippen molar-refractivity contribution in [1.82, 2.24) is 0 Å². The highest BCUT2D eigenvalue weighted by Crippen LogP contribution is 2.15. The van der Waals surface area contributed by atoms with E-state index < -0.39 is 35.6 Å². The number of hydrogen-bond donors (Lipinski definition) is 1. The summed E-state index contributed by atoms with van der Waals surface area (Å²) >= 11 is 1.30. The number of ketones is 1. The smallest absolute Gasteiger partial charge is 0.338 e. The van der Waals surface area contributed by atoms with Crippen LogP contribution in [0.4, 0.5) is 14.5 Å². The fourth-order valence-electron chi connectivity index (χ4n) is 2.29. The number of esters is 1. The molecule has 0 radical (unpaired) electrons. The molecule has 0 atom stereocenters. The van der Waals surface area contributed by atoms with Crippen LogP contribution in [0.2, 0.25) is 0 Å². The molecule has 0 aliphatic carbocycles. The van der Waals surface area contributed by atoms with Crippen molar-refractivity contribution in [3.63, 3.8) is 0 Å². The molecule has 3 aromatic rings. The normalized spacial score (nSPS) is 10.4. The Labute approximate surface area is 162 Å². The summed E-state index contributed by atoms with van der Waals surface area (Å²) in [5, 5.41) is 4.46. The Morgan fingerprint density at radius 1 is 1.00 bits per heavy atom. The Kier molecular flexibility index (Phi) is 5.90. The predicted octanol–water partition coefficient (Wildman–Crippen LogP) is 4.32. The van der Waals surface area contributed by atoms with Gasteiger partial charge < -0.3 is 10.1 Å². The number of hydrogen-bond acceptors (Lipinski definition) is 5. The highest BCUT2D eigenvalue weighted by Gasteiger charge is 2.16. The first-order valence-electron chi connectivity index (χ1n) is 8.04. The minimum Gasteiger partial charge on any atom is -0.454 e. The number of halogens is 2. The number of anilines is 1. The Bertz CT molecular complexity index is 1020. The van der Waals surface area contributed by atoms with Gasteiger partial charge in [-0.3, -0.25) is 9.59 Å². The lowest BCUT2D eigenvalue weighted by molar-refractivity contribution is 0.0473. The van der Waals surface area contributed by atoms with Crippen LogP contribution in [-0.2, 0) is 4.74 Å². The zero-order chi connectivity index (χ0) is 20.1. The predicted molar refractivity (Wildman–Crippen MR) is 99.7 cm³/mol. The molecule has 0 unspecified atom stereocenters. The first-order chi connectivity index (χ1) is 13.4. The average Bonchev–Trinajstić information content (AvgIpc) is 3.23. The van der Waals surface area contributed by atoms with Gasteiger partial charge in [0.05, 0.1) is 16.0 Å². The Morgan fingerprint density at radius 3 is 2.43 bits per heavy atom. The van der Waals surface area contributed by atoms with Crippen LogP contribution in [-0.4, -0.2) is 24.3 Å². The van der Waals surface area contributed by atoms with Gasteiger partial charge in [0.2, 0.25) is 5.78 Å². The lowest BCUT2D eigenvalue weighted by atomic mass is 10.1. The molecule has 142 valence electrons. The van der Waals surface area contributed by atoms with Gasteiger partial charge in [0.1, 0.15) is 11.6 Å². The summed E-state index contributed by atoms with van der Waals surface area (Å²) in [5.41, 5.74) is 0.133. The van der Waals surface area contributed by atoms with Gasteiger partial charge in [0, 0.05) is 5.69 Å². The van der Waals surface area contributed by atoms with Gasteiger partial charge in [-0.2, -0.15) is 0 Å². The van der Waals surface area contributed by atoms with Crippen molar-refractivity contribution >= 4 is 34.7 Å². The molecule has 1 N–H and O–H groups in total. The van der Waals surface area contributed by atoms with Gasteiger partial charge in [-0.15, -0.1) is 11.3 Å². The molecule has 8 heteroatoms. The summed E-state index contributed by atoms with van der Waals surface area (Å²) in [6.45, 7) is -0.726. The van der Waals surface area contributed by atoms with E-state index in [0.29, 0.717) is 10.6 Å². The van der Waals surface area contributed by atoms with Crippen molar-refractivity contribution in [2.75, 3.05) is 11.9 Å². The standard InChI is InChI=1S/C20H13F2NO4S/c21-13-5-8-16(22)15(10-13)17(24)11-27-20(26)12-3-6-14(7-4-12)23-19(25)18-2-1-9-28-18/h1-10H,11H2,(H,23,25). The maximum Gasteiger partial charge on any atom is 0.338 e. The first kappa shape index (κ1) is 19.4. The second-order valence-electron chi connectivity index (χ2n) is 5.63. The molecule has 0 spiro atoms. The topological polar surface area (TPSA) is 72.5 Å². The van der Waals surface area contributed by atoms with Crippen LogP contribution in [0.5, 0.6) is 0 Å². The third-order valence-corrected chi connectivity index (χ3v) is 4.56. The number of carbonyl (C=O) groups is 3. The molecule has 3 rings (SSSR count). The Hall–Kier alpha value is -3.39. The van der Waals surface area contributed by atoms with Crippen molar-refractivity contribution in [1.29, 1.82) is 0 Å². The lowest BCUT2D eigenvalue weighted by Crippen LogP contribution is -2.16. The zero-order valence-electron chi connectivity index (χ0n) is 14.3. The molecule has 2 aromatic carbocycles. The number of carbonyl (C=O) groups excluding carboxylic acids is 3. The highest BCUT2D eigenvalue weighted by atomic mass is 32.1. The quantitative estimate of drug-likeness (QED) is 0.493. The second kappa shape index (κ2) is 8.53. The van der Waals surface area contributed by atoms with Crippen molar-refractivity contribution in [3.05, 3.63) is 87.6 Å². The summed E-state index contributed by atoms with van der Waals surface area (Å²) in [6, 6.07) is 11.8. The molecular formula is C20H13F2NO4S. The minimum atomic E-state index is -0.895. The third-order valence-electron chi connectivity index (χ3n) is 3.69. The van der Waals surface area contributed by atoms with Gasteiger partial charge >= 0.3 is 5.97 Å². The lowest BCUT2D eigenvalue weighted by Gasteiger charge is -2.07. The summed E-state index contributed by atoms with van der Waals surface area (Å²) in [7, 11) is 0. The van der Waals surface area contributed by atoms with E-state index in [1.165, 1.54) is 35.6 Å². The number of nitrogens with one attached hydrogen (secondary N) is 1. The van der Waals surface area contributed by atoms with E-state index in [1.54, 1.807) is 17.5 Å². The van der Waals surface area contributed by atoms with Crippen LogP contribution in [0.25, 0.3) is 0 Å². The largest absolute Gasteiger partial charge is 0.454 e.